The monoisotopic (exact) mass is 376 g/mol. The van der Waals surface area contributed by atoms with Gasteiger partial charge in [-0.2, -0.15) is 0 Å². The van der Waals surface area contributed by atoms with Crippen molar-refractivity contribution >= 4 is 5.97 Å². The topological polar surface area (TPSA) is 55.8 Å². The highest BCUT2D eigenvalue weighted by Crippen LogP contribution is 2.29. The molecule has 0 saturated heterocycles. The molecule has 0 radical (unpaired) electrons. The van der Waals surface area contributed by atoms with E-state index in [0.29, 0.717) is 13.0 Å². The molecule has 144 valence electrons. The third kappa shape index (κ3) is 5.36. The standard InChI is InChI=1S/C24H24O4/c1-17-5-3-6-18(2)24(17)28-22-8-4-7-20(15-22)16-27-21-12-9-19(10-13-21)11-14-23(25)26/h3-10,12-13,15H,11,14,16H2,1-2H3,(H,25,26). The summed E-state index contributed by atoms with van der Waals surface area (Å²) in [6.45, 7) is 4.50. The summed E-state index contributed by atoms with van der Waals surface area (Å²) < 4.78 is 11.9. The number of carboxylic acids is 1. The minimum absolute atomic E-state index is 0.132. The molecule has 0 aromatic heterocycles. The molecule has 28 heavy (non-hydrogen) atoms. The Morgan fingerprint density at radius 1 is 0.857 bits per heavy atom. The van der Waals surface area contributed by atoms with Crippen LogP contribution in [0.15, 0.2) is 66.7 Å². The first kappa shape index (κ1) is 19.5. The van der Waals surface area contributed by atoms with Crippen LogP contribution in [0.2, 0.25) is 0 Å². The first-order valence-electron chi connectivity index (χ1n) is 9.28. The van der Waals surface area contributed by atoms with E-state index in [2.05, 4.69) is 0 Å². The quantitative estimate of drug-likeness (QED) is 0.548. The van der Waals surface area contributed by atoms with Crippen molar-refractivity contribution in [1.29, 1.82) is 0 Å². The number of carboxylic acid groups (broad SMARTS) is 1. The Kier molecular flexibility index (Phi) is 6.33. The molecule has 0 atom stereocenters. The van der Waals surface area contributed by atoms with Crippen molar-refractivity contribution in [2.24, 2.45) is 0 Å². The number of rotatable bonds is 8. The summed E-state index contributed by atoms with van der Waals surface area (Å²) in [7, 11) is 0. The van der Waals surface area contributed by atoms with Gasteiger partial charge in [-0.1, -0.05) is 42.5 Å². The average molecular weight is 376 g/mol. The Morgan fingerprint density at radius 2 is 1.54 bits per heavy atom. The predicted octanol–water partition coefficient (Wildman–Crippen LogP) is 5.69. The van der Waals surface area contributed by atoms with Crippen molar-refractivity contribution in [1.82, 2.24) is 0 Å². The molecule has 0 spiro atoms. The van der Waals surface area contributed by atoms with E-state index in [9.17, 15) is 4.79 Å². The molecule has 0 aliphatic rings. The summed E-state index contributed by atoms with van der Waals surface area (Å²) in [5.74, 6) is 1.63. The Hall–Kier alpha value is -3.27. The summed E-state index contributed by atoms with van der Waals surface area (Å²) in [5, 5.41) is 8.75. The number of hydrogen-bond acceptors (Lipinski definition) is 3. The normalized spacial score (nSPS) is 10.5. The van der Waals surface area contributed by atoms with Gasteiger partial charge in [0.15, 0.2) is 0 Å². The van der Waals surface area contributed by atoms with Gasteiger partial charge in [0.25, 0.3) is 0 Å². The summed E-state index contributed by atoms with van der Waals surface area (Å²) in [5.41, 5.74) is 4.20. The third-order valence-electron chi connectivity index (χ3n) is 4.48. The molecule has 3 rings (SSSR count). The fourth-order valence-electron chi connectivity index (χ4n) is 2.95. The minimum atomic E-state index is -0.789. The van der Waals surface area contributed by atoms with E-state index >= 15 is 0 Å². The lowest BCUT2D eigenvalue weighted by atomic mass is 10.1. The van der Waals surface area contributed by atoms with Crippen molar-refractivity contribution in [3.63, 3.8) is 0 Å². The molecule has 0 unspecified atom stereocenters. The van der Waals surface area contributed by atoms with Gasteiger partial charge < -0.3 is 14.6 Å². The van der Waals surface area contributed by atoms with Crippen molar-refractivity contribution in [2.45, 2.75) is 33.3 Å². The molecule has 4 nitrogen and oxygen atoms in total. The van der Waals surface area contributed by atoms with E-state index in [4.69, 9.17) is 14.6 Å². The van der Waals surface area contributed by atoms with E-state index in [1.807, 2.05) is 80.6 Å². The molecule has 1 N–H and O–H groups in total. The van der Waals surface area contributed by atoms with Gasteiger partial charge in [-0.05, 0) is 66.8 Å². The molecule has 0 aliphatic heterocycles. The van der Waals surface area contributed by atoms with E-state index in [1.165, 1.54) is 0 Å². The van der Waals surface area contributed by atoms with E-state index in [0.717, 1.165) is 39.5 Å². The maximum atomic E-state index is 10.6. The number of benzene rings is 3. The van der Waals surface area contributed by atoms with Crippen LogP contribution in [0.4, 0.5) is 0 Å². The number of para-hydroxylation sites is 1. The summed E-state index contributed by atoms with van der Waals surface area (Å²) in [4.78, 5) is 10.6. The second-order valence-corrected chi connectivity index (χ2v) is 6.80. The third-order valence-corrected chi connectivity index (χ3v) is 4.48. The first-order chi connectivity index (χ1) is 13.5. The lowest BCUT2D eigenvalue weighted by Gasteiger charge is -2.13. The molecule has 0 aliphatic carbocycles. The lowest BCUT2D eigenvalue weighted by molar-refractivity contribution is -0.136. The Bertz CT molecular complexity index is 925. The molecule has 4 heteroatoms. The SMILES string of the molecule is Cc1cccc(C)c1Oc1cccc(COc2ccc(CCC(=O)O)cc2)c1. The average Bonchev–Trinajstić information content (AvgIpc) is 2.69. The zero-order valence-electron chi connectivity index (χ0n) is 16.1. The van der Waals surface area contributed by atoms with Crippen LogP contribution in [0.5, 0.6) is 17.2 Å². The second kappa shape index (κ2) is 9.09. The maximum Gasteiger partial charge on any atom is 0.303 e. The van der Waals surface area contributed by atoms with E-state index in [-0.39, 0.29) is 6.42 Å². The van der Waals surface area contributed by atoms with Crippen LogP contribution in [0.3, 0.4) is 0 Å². The smallest absolute Gasteiger partial charge is 0.303 e. The van der Waals surface area contributed by atoms with Crippen LogP contribution in [-0.4, -0.2) is 11.1 Å². The van der Waals surface area contributed by atoms with Gasteiger partial charge in [0, 0.05) is 6.42 Å². The molecule has 0 heterocycles. The lowest BCUT2D eigenvalue weighted by Crippen LogP contribution is -1.98. The summed E-state index contributed by atoms with van der Waals surface area (Å²) in [6, 6.07) is 21.5. The molecule has 3 aromatic carbocycles. The molecule has 0 fully saturated rings. The van der Waals surface area contributed by atoms with Gasteiger partial charge in [0.1, 0.15) is 23.9 Å². The fourth-order valence-corrected chi connectivity index (χ4v) is 2.95. The zero-order valence-corrected chi connectivity index (χ0v) is 16.1. The number of ether oxygens (including phenoxy) is 2. The van der Waals surface area contributed by atoms with Crippen LogP contribution < -0.4 is 9.47 Å². The minimum Gasteiger partial charge on any atom is -0.489 e. The molecular weight excluding hydrogens is 352 g/mol. The molecule has 0 bridgehead atoms. The van der Waals surface area contributed by atoms with E-state index < -0.39 is 5.97 Å². The molecule has 3 aromatic rings. The van der Waals surface area contributed by atoms with Gasteiger partial charge >= 0.3 is 5.97 Å². The molecular formula is C24H24O4. The highest BCUT2D eigenvalue weighted by Gasteiger charge is 2.06. The number of aliphatic carboxylic acids is 1. The van der Waals surface area contributed by atoms with Gasteiger partial charge in [0.05, 0.1) is 0 Å². The molecule has 0 amide bonds. The van der Waals surface area contributed by atoms with Crippen LogP contribution >= 0.6 is 0 Å². The van der Waals surface area contributed by atoms with Crippen LogP contribution in [0, 0.1) is 13.8 Å². The number of aryl methyl sites for hydroxylation is 3. The highest BCUT2D eigenvalue weighted by molar-refractivity contribution is 5.67. The van der Waals surface area contributed by atoms with Gasteiger partial charge in [-0.25, -0.2) is 0 Å². The van der Waals surface area contributed by atoms with Crippen LogP contribution in [0.25, 0.3) is 0 Å². The van der Waals surface area contributed by atoms with E-state index in [1.54, 1.807) is 0 Å². The highest BCUT2D eigenvalue weighted by atomic mass is 16.5. The summed E-state index contributed by atoms with van der Waals surface area (Å²) >= 11 is 0. The second-order valence-electron chi connectivity index (χ2n) is 6.80. The maximum absolute atomic E-state index is 10.6. The Balaban J connectivity index is 1.61. The van der Waals surface area contributed by atoms with Crippen molar-refractivity contribution in [3.05, 3.63) is 89.0 Å². The van der Waals surface area contributed by atoms with Crippen molar-refractivity contribution in [3.8, 4) is 17.2 Å². The number of carbonyl (C=O) groups is 1. The van der Waals surface area contributed by atoms with Crippen molar-refractivity contribution in [2.75, 3.05) is 0 Å². The van der Waals surface area contributed by atoms with Gasteiger partial charge in [-0.3, -0.25) is 4.79 Å². The van der Waals surface area contributed by atoms with Gasteiger partial charge in [0.2, 0.25) is 0 Å². The zero-order chi connectivity index (χ0) is 19.9. The summed E-state index contributed by atoms with van der Waals surface area (Å²) in [6.07, 6.45) is 0.653. The van der Waals surface area contributed by atoms with Crippen LogP contribution in [0.1, 0.15) is 28.7 Å². The largest absolute Gasteiger partial charge is 0.489 e. The van der Waals surface area contributed by atoms with Gasteiger partial charge in [-0.15, -0.1) is 0 Å². The Labute approximate surface area is 165 Å². The van der Waals surface area contributed by atoms with Crippen molar-refractivity contribution < 1.29 is 19.4 Å². The first-order valence-corrected chi connectivity index (χ1v) is 9.28. The molecule has 0 saturated carbocycles. The van der Waals surface area contributed by atoms with Crippen LogP contribution in [-0.2, 0) is 17.8 Å². The fraction of sp³-hybridized carbons (Fsp3) is 0.208. The predicted molar refractivity (Wildman–Crippen MR) is 109 cm³/mol. The Morgan fingerprint density at radius 3 is 2.21 bits per heavy atom. The number of hydrogen-bond donors (Lipinski definition) is 1.